The summed E-state index contributed by atoms with van der Waals surface area (Å²) in [5, 5.41) is 19.1. The van der Waals surface area contributed by atoms with E-state index in [1.54, 1.807) is 6.92 Å². The van der Waals surface area contributed by atoms with E-state index in [9.17, 15) is 10.2 Å². The van der Waals surface area contributed by atoms with Gasteiger partial charge in [-0.05, 0) is 24.0 Å². The molecule has 1 rings (SSSR count). The fourth-order valence-electron chi connectivity index (χ4n) is 1.36. The number of rotatable bonds is 3. The van der Waals surface area contributed by atoms with E-state index in [0.29, 0.717) is 0 Å². The van der Waals surface area contributed by atoms with Crippen molar-refractivity contribution in [2.24, 2.45) is 5.92 Å². The maximum absolute atomic E-state index is 9.76. The number of benzene rings is 1. The van der Waals surface area contributed by atoms with E-state index in [1.165, 1.54) is 0 Å². The lowest BCUT2D eigenvalue weighted by molar-refractivity contribution is 0.127. The van der Waals surface area contributed by atoms with Crippen molar-refractivity contribution in [3.05, 3.63) is 35.4 Å². The van der Waals surface area contributed by atoms with Crippen LogP contribution in [0.15, 0.2) is 24.3 Å². The van der Waals surface area contributed by atoms with Crippen molar-refractivity contribution in [1.82, 2.24) is 0 Å². The Kier molecular flexibility index (Phi) is 3.67. The Morgan fingerprint density at radius 1 is 0.857 bits per heavy atom. The van der Waals surface area contributed by atoms with Gasteiger partial charge in [0.05, 0.1) is 12.2 Å². The van der Waals surface area contributed by atoms with Gasteiger partial charge < -0.3 is 10.2 Å². The molecule has 0 aromatic heterocycles. The summed E-state index contributed by atoms with van der Waals surface area (Å²) in [5.74, 6) is 0.215. The second kappa shape index (κ2) is 4.58. The zero-order chi connectivity index (χ0) is 10.7. The van der Waals surface area contributed by atoms with Gasteiger partial charge in [-0.2, -0.15) is 0 Å². The lowest BCUT2D eigenvalue weighted by Gasteiger charge is -2.15. The normalized spacial score (nSPS) is 15.6. The van der Waals surface area contributed by atoms with Crippen molar-refractivity contribution in [2.75, 3.05) is 0 Å². The Morgan fingerprint density at radius 2 is 1.29 bits per heavy atom. The van der Waals surface area contributed by atoms with E-state index >= 15 is 0 Å². The summed E-state index contributed by atoms with van der Waals surface area (Å²) in [6, 6.07) is 7.44. The highest BCUT2D eigenvalue weighted by molar-refractivity contribution is 5.25. The minimum absolute atomic E-state index is 0.215. The average Bonchev–Trinajstić information content (AvgIpc) is 2.16. The van der Waals surface area contributed by atoms with Gasteiger partial charge >= 0.3 is 0 Å². The van der Waals surface area contributed by atoms with E-state index < -0.39 is 12.2 Å². The van der Waals surface area contributed by atoms with Gasteiger partial charge in [0.1, 0.15) is 0 Å². The van der Waals surface area contributed by atoms with Crippen molar-refractivity contribution in [2.45, 2.75) is 33.0 Å². The number of aliphatic hydroxyl groups is 2. The SMILES string of the molecule is CC(O)c1ccc(C(O)C(C)C)cc1. The molecule has 2 nitrogen and oxygen atoms in total. The molecule has 0 saturated heterocycles. The summed E-state index contributed by atoms with van der Waals surface area (Å²) in [7, 11) is 0. The standard InChI is InChI=1S/C12H18O2/c1-8(2)12(14)11-6-4-10(5-7-11)9(3)13/h4-9,12-14H,1-3H3. The largest absolute Gasteiger partial charge is 0.389 e. The van der Waals surface area contributed by atoms with Crippen LogP contribution in [0.2, 0.25) is 0 Å². The summed E-state index contributed by atoms with van der Waals surface area (Å²) < 4.78 is 0. The van der Waals surface area contributed by atoms with E-state index in [2.05, 4.69) is 0 Å². The molecule has 0 spiro atoms. The molecular formula is C12H18O2. The van der Waals surface area contributed by atoms with Crippen LogP contribution in [0.1, 0.15) is 44.1 Å². The topological polar surface area (TPSA) is 40.5 Å². The molecule has 0 aliphatic heterocycles. The van der Waals surface area contributed by atoms with Crippen molar-refractivity contribution in [3.63, 3.8) is 0 Å². The summed E-state index contributed by atoms with van der Waals surface area (Å²) in [5.41, 5.74) is 1.79. The highest BCUT2D eigenvalue weighted by Crippen LogP contribution is 2.22. The molecular weight excluding hydrogens is 176 g/mol. The molecule has 0 aliphatic rings. The first-order valence-electron chi connectivity index (χ1n) is 4.98. The second-order valence-electron chi connectivity index (χ2n) is 4.03. The molecule has 78 valence electrons. The first-order chi connectivity index (χ1) is 6.52. The molecule has 14 heavy (non-hydrogen) atoms. The molecule has 0 fully saturated rings. The molecule has 2 atom stereocenters. The quantitative estimate of drug-likeness (QED) is 0.775. The fraction of sp³-hybridized carbons (Fsp3) is 0.500. The lowest BCUT2D eigenvalue weighted by atomic mass is 9.97. The van der Waals surface area contributed by atoms with Crippen molar-refractivity contribution in [3.8, 4) is 0 Å². The number of hydrogen-bond donors (Lipinski definition) is 2. The Morgan fingerprint density at radius 3 is 1.64 bits per heavy atom. The third kappa shape index (κ3) is 2.56. The Bertz CT molecular complexity index is 275. The van der Waals surface area contributed by atoms with Crippen LogP contribution in [0.4, 0.5) is 0 Å². The predicted octanol–water partition coefficient (Wildman–Crippen LogP) is 2.43. The molecule has 0 amide bonds. The minimum Gasteiger partial charge on any atom is -0.389 e. The van der Waals surface area contributed by atoms with Gasteiger partial charge in [0, 0.05) is 0 Å². The molecule has 0 radical (unpaired) electrons. The number of hydrogen-bond acceptors (Lipinski definition) is 2. The summed E-state index contributed by atoms with van der Waals surface area (Å²) in [4.78, 5) is 0. The Hall–Kier alpha value is -0.860. The van der Waals surface area contributed by atoms with Crippen LogP contribution < -0.4 is 0 Å². The van der Waals surface area contributed by atoms with Gasteiger partial charge in [0.2, 0.25) is 0 Å². The summed E-state index contributed by atoms with van der Waals surface area (Å²) in [6.07, 6.45) is -0.863. The maximum Gasteiger partial charge on any atom is 0.0812 e. The van der Waals surface area contributed by atoms with E-state index in [4.69, 9.17) is 0 Å². The third-order valence-electron chi connectivity index (χ3n) is 2.39. The van der Waals surface area contributed by atoms with Crippen molar-refractivity contribution >= 4 is 0 Å². The van der Waals surface area contributed by atoms with Crippen LogP contribution in [0.3, 0.4) is 0 Å². The van der Waals surface area contributed by atoms with Gasteiger partial charge in [-0.25, -0.2) is 0 Å². The second-order valence-corrected chi connectivity index (χ2v) is 4.03. The number of aliphatic hydroxyl groups excluding tert-OH is 2. The van der Waals surface area contributed by atoms with Crippen LogP contribution in [0.5, 0.6) is 0 Å². The molecule has 2 heteroatoms. The van der Waals surface area contributed by atoms with Crippen LogP contribution in [-0.4, -0.2) is 10.2 Å². The van der Waals surface area contributed by atoms with Crippen LogP contribution in [-0.2, 0) is 0 Å². The highest BCUT2D eigenvalue weighted by Gasteiger charge is 2.11. The van der Waals surface area contributed by atoms with Gasteiger partial charge in [-0.3, -0.25) is 0 Å². The smallest absolute Gasteiger partial charge is 0.0812 e. The maximum atomic E-state index is 9.76. The van der Waals surface area contributed by atoms with Gasteiger partial charge in [-0.15, -0.1) is 0 Å². The zero-order valence-corrected chi connectivity index (χ0v) is 8.94. The van der Waals surface area contributed by atoms with Crippen LogP contribution in [0.25, 0.3) is 0 Å². The monoisotopic (exact) mass is 194 g/mol. The molecule has 1 aromatic rings. The lowest BCUT2D eigenvalue weighted by Crippen LogP contribution is -2.05. The molecule has 1 aromatic carbocycles. The molecule has 0 aliphatic carbocycles. The molecule has 0 saturated carbocycles. The van der Waals surface area contributed by atoms with Crippen LogP contribution >= 0.6 is 0 Å². The van der Waals surface area contributed by atoms with Gasteiger partial charge in [0.25, 0.3) is 0 Å². The Balaban J connectivity index is 2.83. The molecule has 0 heterocycles. The molecule has 2 unspecified atom stereocenters. The predicted molar refractivity (Wildman–Crippen MR) is 56.9 cm³/mol. The molecule has 2 N–H and O–H groups in total. The fourth-order valence-corrected chi connectivity index (χ4v) is 1.36. The van der Waals surface area contributed by atoms with Gasteiger partial charge in [-0.1, -0.05) is 38.1 Å². The van der Waals surface area contributed by atoms with E-state index in [-0.39, 0.29) is 5.92 Å². The summed E-state index contributed by atoms with van der Waals surface area (Å²) >= 11 is 0. The highest BCUT2D eigenvalue weighted by atomic mass is 16.3. The van der Waals surface area contributed by atoms with Crippen molar-refractivity contribution in [1.29, 1.82) is 0 Å². The van der Waals surface area contributed by atoms with Gasteiger partial charge in [0.15, 0.2) is 0 Å². The zero-order valence-electron chi connectivity index (χ0n) is 8.94. The van der Waals surface area contributed by atoms with Crippen molar-refractivity contribution < 1.29 is 10.2 Å². The first-order valence-corrected chi connectivity index (χ1v) is 4.98. The average molecular weight is 194 g/mol. The van der Waals surface area contributed by atoms with Crippen LogP contribution in [0, 0.1) is 5.92 Å². The van der Waals surface area contributed by atoms with E-state index in [0.717, 1.165) is 11.1 Å². The summed E-state index contributed by atoms with van der Waals surface area (Å²) in [6.45, 7) is 5.69. The Labute approximate surface area is 85.2 Å². The van der Waals surface area contributed by atoms with E-state index in [1.807, 2.05) is 38.1 Å². The first kappa shape index (κ1) is 11.2. The third-order valence-corrected chi connectivity index (χ3v) is 2.39. The molecule has 0 bridgehead atoms. The minimum atomic E-state index is -0.444.